The molecule has 0 radical (unpaired) electrons. The van der Waals surface area contributed by atoms with Crippen LogP contribution in [-0.4, -0.2) is 53.8 Å². The lowest BCUT2D eigenvalue weighted by molar-refractivity contribution is -0.138. The highest BCUT2D eigenvalue weighted by atomic mass is 16.2. The average Bonchev–Trinajstić information content (AvgIpc) is 3.10. The molecule has 3 rings (SSSR count). The molecule has 2 aliphatic heterocycles. The number of likely N-dealkylation sites (tertiary alicyclic amines) is 2. The SMILES string of the molecule is CNC(=O)[C@@H]1C[C@H]2CN(Cc3cccc(C#N)c3)C[C@H]2N1C(C)=O. The first kappa shape index (κ1) is 16.5. The fraction of sp³-hybridized carbons (Fsp3) is 0.500. The van der Waals surface area contributed by atoms with E-state index in [0.717, 1.165) is 31.6 Å². The van der Waals surface area contributed by atoms with E-state index in [4.69, 9.17) is 5.26 Å². The van der Waals surface area contributed by atoms with E-state index < -0.39 is 0 Å². The van der Waals surface area contributed by atoms with Gasteiger partial charge in [0.2, 0.25) is 11.8 Å². The second-order valence-corrected chi connectivity index (χ2v) is 6.63. The fourth-order valence-electron chi connectivity index (χ4n) is 4.10. The maximum Gasteiger partial charge on any atom is 0.242 e. The van der Waals surface area contributed by atoms with Gasteiger partial charge >= 0.3 is 0 Å². The van der Waals surface area contributed by atoms with Crippen LogP contribution in [0.5, 0.6) is 0 Å². The Bertz CT molecular complexity index is 697. The summed E-state index contributed by atoms with van der Waals surface area (Å²) in [5.41, 5.74) is 1.77. The quantitative estimate of drug-likeness (QED) is 0.888. The Morgan fingerprint density at radius 2 is 2.17 bits per heavy atom. The van der Waals surface area contributed by atoms with Crippen molar-refractivity contribution in [2.24, 2.45) is 5.92 Å². The van der Waals surface area contributed by atoms with E-state index >= 15 is 0 Å². The Labute approximate surface area is 142 Å². The zero-order valence-corrected chi connectivity index (χ0v) is 14.0. The maximum absolute atomic E-state index is 12.1. The van der Waals surface area contributed by atoms with Crippen LogP contribution in [0, 0.1) is 17.2 Å². The van der Waals surface area contributed by atoms with Crippen LogP contribution >= 0.6 is 0 Å². The highest BCUT2D eigenvalue weighted by Gasteiger charge is 2.49. The van der Waals surface area contributed by atoms with Gasteiger partial charge in [-0.05, 0) is 30.0 Å². The van der Waals surface area contributed by atoms with Crippen LogP contribution in [0.3, 0.4) is 0 Å². The van der Waals surface area contributed by atoms with Crippen molar-refractivity contribution in [3.05, 3.63) is 35.4 Å². The predicted octanol–water partition coefficient (Wildman–Crippen LogP) is 0.725. The van der Waals surface area contributed by atoms with Gasteiger partial charge in [-0.15, -0.1) is 0 Å². The number of benzene rings is 1. The summed E-state index contributed by atoms with van der Waals surface area (Å²) >= 11 is 0. The summed E-state index contributed by atoms with van der Waals surface area (Å²) in [6.45, 7) is 3.95. The molecule has 2 heterocycles. The standard InChI is InChI=1S/C18H22N4O2/c1-12(23)22-16(18(24)20-2)7-15-10-21(11-17(15)22)9-14-5-3-4-13(6-14)8-19/h3-6,15-17H,7,9-11H2,1-2H3,(H,20,24)/t15-,16-,17+/m0/s1. The first-order valence-corrected chi connectivity index (χ1v) is 8.25. The number of hydrogen-bond acceptors (Lipinski definition) is 4. The van der Waals surface area contributed by atoms with E-state index in [-0.39, 0.29) is 23.9 Å². The lowest BCUT2D eigenvalue weighted by atomic mass is 10.0. The van der Waals surface area contributed by atoms with Crippen LogP contribution in [0.1, 0.15) is 24.5 Å². The van der Waals surface area contributed by atoms with Crippen LogP contribution in [0.2, 0.25) is 0 Å². The Hall–Kier alpha value is -2.39. The van der Waals surface area contributed by atoms with Crippen molar-refractivity contribution in [3.8, 4) is 6.07 Å². The molecule has 6 heteroatoms. The number of carbonyl (C=O) groups excluding carboxylic acids is 2. The van der Waals surface area contributed by atoms with Crippen LogP contribution in [0.15, 0.2) is 24.3 Å². The molecule has 0 bridgehead atoms. The van der Waals surface area contributed by atoms with Crippen LogP contribution < -0.4 is 5.32 Å². The summed E-state index contributed by atoms with van der Waals surface area (Å²) < 4.78 is 0. The van der Waals surface area contributed by atoms with Crippen molar-refractivity contribution >= 4 is 11.8 Å². The molecule has 2 fully saturated rings. The van der Waals surface area contributed by atoms with Gasteiger partial charge in [-0.1, -0.05) is 12.1 Å². The fourth-order valence-corrected chi connectivity index (χ4v) is 4.10. The second-order valence-electron chi connectivity index (χ2n) is 6.63. The largest absolute Gasteiger partial charge is 0.357 e. The summed E-state index contributed by atoms with van der Waals surface area (Å²) in [5.74, 6) is 0.215. The number of likely N-dealkylation sites (N-methyl/N-ethyl adjacent to an activating group) is 1. The summed E-state index contributed by atoms with van der Waals surface area (Å²) in [4.78, 5) is 28.2. The summed E-state index contributed by atoms with van der Waals surface area (Å²) in [7, 11) is 1.61. The van der Waals surface area contributed by atoms with Gasteiger partial charge in [0, 0.05) is 39.6 Å². The Morgan fingerprint density at radius 1 is 1.38 bits per heavy atom. The smallest absolute Gasteiger partial charge is 0.242 e. The van der Waals surface area contributed by atoms with Crippen molar-refractivity contribution < 1.29 is 9.59 Å². The molecule has 2 amide bonds. The number of rotatable bonds is 3. The maximum atomic E-state index is 12.1. The van der Waals surface area contributed by atoms with E-state index in [1.54, 1.807) is 18.0 Å². The van der Waals surface area contributed by atoms with Gasteiger partial charge in [0.1, 0.15) is 6.04 Å². The molecule has 6 nitrogen and oxygen atoms in total. The molecule has 24 heavy (non-hydrogen) atoms. The lowest BCUT2D eigenvalue weighted by Gasteiger charge is -2.28. The van der Waals surface area contributed by atoms with Crippen LogP contribution in [0.25, 0.3) is 0 Å². The zero-order valence-electron chi connectivity index (χ0n) is 14.0. The molecular weight excluding hydrogens is 304 g/mol. The summed E-state index contributed by atoms with van der Waals surface area (Å²) in [6, 6.07) is 9.54. The first-order valence-electron chi connectivity index (χ1n) is 8.25. The van der Waals surface area contributed by atoms with E-state index in [1.165, 1.54) is 6.92 Å². The molecule has 0 unspecified atom stereocenters. The molecule has 126 valence electrons. The molecule has 2 saturated heterocycles. The third-order valence-electron chi connectivity index (χ3n) is 5.08. The van der Waals surface area contributed by atoms with Crippen LogP contribution in [0.4, 0.5) is 0 Å². The number of hydrogen-bond donors (Lipinski definition) is 1. The molecule has 1 aromatic carbocycles. The normalized spacial score (nSPS) is 26.0. The molecule has 3 atom stereocenters. The summed E-state index contributed by atoms with van der Waals surface area (Å²) in [6.07, 6.45) is 0.721. The third kappa shape index (κ3) is 3.00. The van der Waals surface area contributed by atoms with Crippen LogP contribution in [-0.2, 0) is 16.1 Å². The minimum absolute atomic E-state index is 0.0376. The van der Waals surface area contributed by atoms with Gasteiger partial charge < -0.3 is 10.2 Å². The van der Waals surface area contributed by atoms with Crippen molar-refractivity contribution in [3.63, 3.8) is 0 Å². The minimum Gasteiger partial charge on any atom is -0.357 e. The number of nitrogens with zero attached hydrogens (tertiary/aromatic N) is 3. The zero-order chi connectivity index (χ0) is 17.3. The monoisotopic (exact) mass is 326 g/mol. The van der Waals surface area contributed by atoms with Gasteiger partial charge in [0.15, 0.2) is 0 Å². The lowest BCUT2D eigenvalue weighted by Crippen LogP contribution is -2.49. The predicted molar refractivity (Wildman–Crippen MR) is 88.7 cm³/mol. The molecule has 0 spiro atoms. The minimum atomic E-state index is -0.341. The molecule has 1 N–H and O–H groups in total. The topological polar surface area (TPSA) is 76.4 Å². The number of carbonyl (C=O) groups is 2. The second kappa shape index (κ2) is 6.62. The molecule has 0 aromatic heterocycles. The Morgan fingerprint density at radius 3 is 2.83 bits per heavy atom. The molecule has 0 saturated carbocycles. The third-order valence-corrected chi connectivity index (χ3v) is 5.08. The average molecular weight is 326 g/mol. The first-order chi connectivity index (χ1) is 11.5. The van der Waals surface area contributed by atoms with Gasteiger partial charge in [0.25, 0.3) is 0 Å². The van der Waals surface area contributed by atoms with Gasteiger partial charge in [-0.3, -0.25) is 14.5 Å². The van der Waals surface area contributed by atoms with Gasteiger partial charge in [-0.2, -0.15) is 5.26 Å². The number of amides is 2. The molecule has 2 aliphatic rings. The van der Waals surface area contributed by atoms with Gasteiger partial charge in [0.05, 0.1) is 11.6 Å². The van der Waals surface area contributed by atoms with E-state index in [1.807, 2.05) is 18.2 Å². The molecule has 0 aliphatic carbocycles. The van der Waals surface area contributed by atoms with Gasteiger partial charge in [-0.25, -0.2) is 0 Å². The Balaban J connectivity index is 1.70. The van der Waals surface area contributed by atoms with E-state index in [0.29, 0.717) is 11.5 Å². The molecular formula is C18H22N4O2. The van der Waals surface area contributed by atoms with E-state index in [9.17, 15) is 9.59 Å². The van der Waals surface area contributed by atoms with Crippen molar-refractivity contribution in [2.75, 3.05) is 20.1 Å². The molecule has 1 aromatic rings. The summed E-state index contributed by atoms with van der Waals surface area (Å²) in [5, 5.41) is 11.7. The number of nitrogens with one attached hydrogen (secondary N) is 1. The highest BCUT2D eigenvalue weighted by molar-refractivity contribution is 5.87. The number of nitriles is 1. The number of fused-ring (bicyclic) bond motifs is 1. The van der Waals surface area contributed by atoms with Crippen molar-refractivity contribution in [2.45, 2.75) is 32.0 Å². The van der Waals surface area contributed by atoms with Crippen molar-refractivity contribution in [1.82, 2.24) is 15.1 Å². The van der Waals surface area contributed by atoms with E-state index in [2.05, 4.69) is 16.3 Å². The van der Waals surface area contributed by atoms with Crippen molar-refractivity contribution in [1.29, 1.82) is 5.26 Å². The Kier molecular flexibility index (Phi) is 4.54. The highest BCUT2D eigenvalue weighted by Crippen LogP contribution is 2.36.